The topological polar surface area (TPSA) is 87.6 Å². The van der Waals surface area contributed by atoms with E-state index in [4.69, 9.17) is 4.74 Å². The summed E-state index contributed by atoms with van der Waals surface area (Å²) < 4.78 is 6.71. The average Bonchev–Trinajstić information content (AvgIpc) is 2.92. The standard InChI is InChI=1S/C20H33BrN4O4/c1-13(9-10-15(20(3,4)21)29-14(2)26)8-7-11-25-12-23(5)16-17(27)22-19(28)24(6)18(16)25/h13,15H,7-12H2,1-6H3,(H,22,27,28). The molecule has 1 aliphatic rings. The van der Waals surface area contributed by atoms with Gasteiger partial charge in [0.15, 0.2) is 0 Å². The van der Waals surface area contributed by atoms with Crippen molar-refractivity contribution in [2.75, 3.05) is 30.1 Å². The Kier molecular flexibility index (Phi) is 7.59. The summed E-state index contributed by atoms with van der Waals surface area (Å²) in [6.45, 7) is 9.04. The van der Waals surface area contributed by atoms with Gasteiger partial charge in [0, 0.05) is 27.6 Å². The molecule has 1 aromatic heterocycles. The van der Waals surface area contributed by atoms with Crippen LogP contribution in [0.4, 0.5) is 11.5 Å². The van der Waals surface area contributed by atoms with Crippen LogP contribution in [0.2, 0.25) is 0 Å². The van der Waals surface area contributed by atoms with Crippen LogP contribution in [0.1, 0.15) is 53.4 Å². The predicted molar refractivity (Wildman–Crippen MR) is 119 cm³/mol. The number of hydrogen-bond acceptors (Lipinski definition) is 6. The maximum atomic E-state index is 12.2. The maximum Gasteiger partial charge on any atom is 0.329 e. The first-order valence-electron chi connectivity index (χ1n) is 10.1. The molecule has 164 valence electrons. The van der Waals surface area contributed by atoms with E-state index < -0.39 is 5.69 Å². The van der Waals surface area contributed by atoms with Gasteiger partial charge in [0.2, 0.25) is 0 Å². The van der Waals surface area contributed by atoms with Gasteiger partial charge in [-0.05, 0) is 45.4 Å². The number of carbonyl (C=O) groups is 1. The van der Waals surface area contributed by atoms with Gasteiger partial charge in [-0.1, -0.05) is 22.9 Å². The lowest BCUT2D eigenvalue weighted by molar-refractivity contribution is -0.148. The minimum atomic E-state index is -0.392. The molecule has 2 atom stereocenters. The summed E-state index contributed by atoms with van der Waals surface area (Å²) in [7, 11) is 3.54. The minimum Gasteiger partial charge on any atom is -0.461 e. The molecule has 1 aromatic rings. The molecule has 8 nitrogen and oxygen atoms in total. The fourth-order valence-corrected chi connectivity index (χ4v) is 4.15. The van der Waals surface area contributed by atoms with E-state index in [1.54, 1.807) is 7.05 Å². The number of nitrogens with one attached hydrogen (secondary N) is 1. The number of ether oxygens (including phenoxy) is 1. The number of esters is 1. The van der Waals surface area contributed by atoms with Gasteiger partial charge >= 0.3 is 11.7 Å². The first-order valence-corrected chi connectivity index (χ1v) is 10.9. The van der Waals surface area contributed by atoms with E-state index in [1.807, 2.05) is 25.8 Å². The highest BCUT2D eigenvalue weighted by Gasteiger charge is 2.30. The van der Waals surface area contributed by atoms with Gasteiger partial charge in [-0.15, -0.1) is 0 Å². The predicted octanol–water partition coefficient (Wildman–Crippen LogP) is 2.59. The van der Waals surface area contributed by atoms with Crippen molar-refractivity contribution in [3.05, 3.63) is 20.8 Å². The molecular weight excluding hydrogens is 440 g/mol. The molecule has 0 fully saturated rings. The smallest absolute Gasteiger partial charge is 0.329 e. The quantitative estimate of drug-likeness (QED) is 0.438. The van der Waals surface area contributed by atoms with Crippen molar-refractivity contribution in [3.63, 3.8) is 0 Å². The van der Waals surface area contributed by atoms with E-state index in [2.05, 4.69) is 32.7 Å². The Hall–Kier alpha value is -1.77. The number of rotatable bonds is 9. The molecule has 0 saturated carbocycles. The summed E-state index contributed by atoms with van der Waals surface area (Å²) in [6.07, 6.45) is 3.57. The molecule has 0 amide bonds. The second-order valence-corrected chi connectivity index (χ2v) is 10.6. The number of H-pyrrole nitrogens is 1. The van der Waals surface area contributed by atoms with Crippen molar-refractivity contribution < 1.29 is 9.53 Å². The third kappa shape index (κ3) is 5.87. The summed E-state index contributed by atoms with van der Waals surface area (Å²) in [5, 5.41) is 0. The van der Waals surface area contributed by atoms with E-state index in [0.717, 1.165) is 32.2 Å². The van der Waals surface area contributed by atoms with Gasteiger partial charge in [0.05, 0.1) is 11.0 Å². The number of carbonyl (C=O) groups excluding carboxylic acids is 1. The van der Waals surface area contributed by atoms with E-state index in [1.165, 1.54) is 11.5 Å². The Morgan fingerprint density at radius 2 is 1.90 bits per heavy atom. The molecule has 0 aliphatic carbocycles. The normalized spacial score (nSPS) is 16.0. The van der Waals surface area contributed by atoms with Gasteiger partial charge in [-0.2, -0.15) is 0 Å². The second kappa shape index (κ2) is 9.36. The van der Waals surface area contributed by atoms with Crippen LogP contribution in [-0.4, -0.2) is 46.2 Å². The molecule has 2 rings (SSSR count). The Balaban J connectivity index is 1.91. The zero-order valence-corrected chi connectivity index (χ0v) is 19.8. The van der Waals surface area contributed by atoms with Crippen LogP contribution in [0.3, 0.4) is 0 Å². The number of aromatic nitrogens is 2. The van der Waals surface area contributed by atoms with Crippen LogP contribution < -0.4 is 21.0 Å². The summed E-state index contributed by atoms with van der Waals surface area (Å²) in [5.74, 6) is 0.906. The van der Waals surface area contributed by atoms with Gasteiger partial charge in [0.25, 0.3) is 5.56 Å². The number of nitrogens with zero attached hydrogens (tertiary/aromatic N) is 3. The second-order valence-electron chi connectivity index (χ2n) is 8.58. The van der Waals surface area contributed by atoms with E-state index >= 15 is 0 Å². The molecule has 0 radical (unpaired) electrons. The van der Waals surface area contributed by atoms with Crippen molar-refractivity contribution in [2.24, 2.45) is 13.0 Å². The number of aromatic amines is 1. The number of fused-ring (bicyclic) bond motifs is 1. The van der Waals surface area contributed by atoms with E-state index in [0.29, 0.717) is 24.1 Å². The first kappa shape index (κ1) is 23.5. The van der Waals surface area contributed by atoms with Crippen LogP contribution in [0, 0.1) is 5.92 Å². The summed E-state index contributed by atoms with van der Waals surface area (Å²) in [6, 6.07) is 0. The molecular formula is C20H33BrN4O4. The lowest BCUT2D eigenvalue weighted by Gasteiger charge is -2.29. The third-order valence-corrected chi connectivity index (χ3v) is 5.96. The largest absolute Gasteiger partial charge is 0.461 e. The summed E-state index contributed by atoms with van der Waals surface area (Å²) >= 11 is 3.62. The number of alkyl halides is 1. The Morgan fingerprint density at radius 1 is 1.24 bits per heavy atom. The van der Waals surface area contributed by atoms with Gasteiger partial charge in [-0.3, -0.25) is 19.1 Å². The Labute approximate surface area is 180 Å². The maximum absolute atomic E-state index is 12.2. The molecule has 0 bridgehead atoms. The van der Waals surface area contributed by atoms with Crippen LogP contribution in [0.15, 0.2) is 9.59 Å². The zero-order valence-electron chi connectivity index (χ0n) is 18.2. The van der Waals surface area contributed by atoms with Crippen molar-refractivity contribution in [1.29, 1.82) is 0 Å². The SMILES string of the molecule is CC(=O)OC(CCC(C)CCCN1CN(C)c2c1n(C)c(=O)[nH]c2=O)C(C)(C)Br. The van der Waals surface area contributed by atoms with Crippen molar-refractivity contribution in [3.8, 4) is 0 Å². The van der Waals surface area contributed by atoms with Crippen LogP contribution in [0.25, 0.3) is 0 Å². The average molecular weight is 473 g/mol. The third-order valence-electron chi connectivity index (χ3n) is 5.45. The van der Waals surface area contributed by atoms with Crippen molar-refractivity contribution >= 4 is 33.4 Å². The molecule has 2 heterocycles. The highest BCUT2D eigenvalue weighted by Crippen LogP contribution is 2.31. The van der Waals surface area contributed by atoms with Crippen molar-refractivity contribution in [1.82, 2.24) is 9.55 Å². The first-order chi connectivity index (χ1) is 13.4. The van der Waals surface area contributed by atoms with Crippen LogP contribution in [0.5, 0.6) is 0 Å². The molecule has 1 N–H and O–H groups in total. The lowest BCUT2D eigenvalue weighted by Crippen LogP contribution is -2.34. The molecule has 1 aliphatic heterocycles. The molecule has 29 heavy (non-hydrogen) atoms. The highest BCUT2D eigenvalue weighted by atomic mass is 79.9. The summed E-state index contributed by atoms with van der Waals surface area (Å²) in [5.41, 5.74) is -0.185. The molecule has 2 unspecified atom stereocenters. The summed E-state index contributed by atoms with van der Waals surface area (Å²) in [4.78, 5) is 41.8. The highest BCUT2D eigenvalue weighted by molar-refractivity contribution is 9.10. The monoisotopic (exact) mass is 472 g/mol. The minimum absolute atomic E-state index is 0.164. The molecule has 0 aromatic carbocycles. The fraction of sp³-hybridized carbons (Fsp3) is 0.750. The Morgan fingerprint density at radius 3 is 2.48 bits per heavy atom. The molecule has 9 heteroatoms. The number of anilines is 2. The van der Waals surface area contributed by atoms with Crippen molar-refractivity contribution in [2.45, 2.75) is 63.8 Å². The zero-order chi connectivity index (χ0) is 21.9. The van der Waals surface area contributed by atoms with Gasteiger partial charge < -0.3 is 14.5 Å². The number of halogens is 1. The van der Waals surface area contributed by atoms with Crippen LogP contribution in [-0.2, 0) is 16.6 Å². The Bertz CT molecular complexity index is 842. The lowest BCUT2D eigenvalue weighted by atomic mass is 9.94. The van der Waals surface area contributed by atoms with Crippen LogP contribution >= 0.6 is 15.9 Å². The van der Waals surface area contributed by atoms with Gasteiger partial charge in [-0.25, -0.2) is 4.79 Å². The molecule has 0 saturated heterocycles. The molecule has 0 spiro atoms. The fourth-order valence-electron chi connectivity index (χ4n) is 3.83. The van der Waals surface area contributed by atoms with E-state index in [9.17, 15) is 14.4 Å². The number of hydrogen-bond donors (Lipinski definition) is 1. The van der Waals surface area contributed by atoms with Gasteiger partial charge in [0.1, 0.15) is 17.6 Å². The van der Waals surface area contributed by atoms with E-state index in [-0.39, 0.29) is 22.0 Å².